The zero-order valence-corrected chi connectivity index (χ0v) is 20.8. The first kappa shape index (κ1) is 24.5. The average Bonchev–Trinajstić information content (AvgIpc) is 3.38. The molecule has 4 aromatic rings. The van der Waals surface area contributed by atoms with Crippen molar-refractivity contribution in [3.8, 4) is 17.2 Å². The third kappa shape index (κ3) is 5.46. The summed E-state index contributed by atoms with van der Waals surface area (Å²) in [5.74, 6) is 2.40. The molecule has 9 nitrogen and oxygen atoms in total. The van der Waals surface area contributed by atoms with E-state index >= 15 is 0 Å². The van der Waals surface area contributed by atoms with Crippen LogP contribution in [-0.2, 0) is 4.79 Å². The molecule has 1 fully saturated rings. The van der Waals surface area contributed by atoms with Crippen LogP contribution in [-0.4, -0.2) is 56.7 Å². The maximum Gasteiger partial charge on any atom is 0.248 e. The molecule has 37 heavy (non-hydrogen) atoms. The van der Waals surface area contributed by atoms with Crippen molar-refractivity contribution in [2.24, 2.45) is 0 Å². The number of aliphatic hydroxyl groups is 1. The summed E-state index contributed by atoms with van der Waals surface area (Å²) < 4.78 is 12.2. The standard InChI is InChI=1S/C28H29N5O4/c1-18-13-20(9-11-24(18)37-22-10-8-19(2)29-14-22)32-28-27-23(30-17-31-28)6-3-7-25(27)36-16-21-5-4-12-33(21)26(35)15-34/h3,6-11,13-14,17,21,34H,4-5,12,15-16H2,1-2H3,(H,30,31,32)/t21-/m0/s1. The molecule has 2 aromatic heterocycles. The lowest BCUT2D eigenvalue weighted by atomic mass is 10.1. The third-order valence-corrected chi connectivity index (χ3v) is 6.44. The monoisotopic (exact) mass is 499 g/mol. The molecule has 1 atom stereocenters. The number of pyridine rings is 1. The molecule has 0 saturated carbocycles. The van der Waals surface area contributed by atoms with Gasteiger partial charge in [-0.2, -0.15) is 0 Å². The Morgan fingerprint density at radius 3 is 2.78 bits per heavy atom. The lowest BCUT2D eigenvalue weighted by molar-refractivity contribution is -0.135. The summed E-state index contributed by atoms with van der Waals surface area (Å²) in [5, 5.41) is 13.4. The summed E-state index contributed by atoms with van der Waals surface area (Å²) in [4.78, 5) is 26.9. The molecule has 1 aliphatic rings. The molecular weight excluding hydrogens is 470 g/mol. The number of carbonyl (C=O) groups excluding carboxylic acids is 1. The van der Waals surface area contributed by atoms with E-state index in [1.165, 1.54) is 6.33 Å². The summed E-state index contributed by atoms with van der Waals surface area (Å²) in [6, 6.07) is 15.2. The highest BCUT2D eigenvalue weighted by Crippen LogP contribution is 2.34. The smallest absolute Gasteiger partial charge is 0.248 e. The van der Waals surface area contributed by atoms with Gasteiger partial charge in [0.15, 0.2) is 0 Å². The van der Waals surface area contributed by atoms with Gasteiger partial charge in [0.1, 0.15) is 42.6 Å². The SMILES string of the molecule is Cc1ccc(Oc2ccc(Nc3ncnc4cccc(OC[C@@H]5CCCN5C(=O)CO)c34)cc2C)cn1. The quantitative estimate of drug-likeness (QED) is 0.364. The van der Waals surface area contributed by atoms with Gasteiger partial charge in [-0.3, -0.25) is 9.78 Å². The second kappa shape index (κ2) is 10.8. The lowest BCUT2D eigenvalue weighted by Gasteiger charge is -2.24. The Bertz CT molecular complexity index is 1400. The van der Waals surface area contributed by atoms with Gasteiger partial charge < -0.3 is 24.8 Å². The Labute approximate surface area is 215 Å². The number of nitrogens with zero attached hydrogens (tertiary/aromatic N) is 4. The number of carbonyl (C=O) groups is 1. The molecule has 190 valence electrons. The maximum absolute atomic E-state index is 12.1. The fourth-order valence-corrected chi connectivity index (χ4v) is 4.53. The van der Waals surface area contributed by atoms with E-state index in [9.17, 15) is 9.90 Å². The van der Waals surface area contributed by atoms with E-state index in [1.807, 2.05) is 62.4 Å². The Hall–Kier alpha value is -4.24. The third-order valence-electron chi connectivity index (χ3n) is 6.44. The second-order valence-corrected chi connectivity index (χ2v) is 9.07. The summed E-state index contributed by atoms with van der Waals surface area (Å²) in [7, 11) is 0. The number of likely N-dealkylation sites (tertiary alicyclic amines) is 1. The maximum atomic E-state index is 12.1. The van der Waals surface area contributed by atoms with Crippen molar-refractivity contribution in [3.63, 3.8) is 0 Å². The van der Waals surface area contributed by atoms with Crippen molar-refractivity contribution in [3.05, 3.63) is 72.3 Å². The molecule has 9 heteroatoms. The normalized spacial score (nSPS) is 15.1. The lowest BCUT2D eigenvalue weighted by Crippen LogP contribution is -2.40. The van der Waals surface area contributed by atoms with Gasteiger partial charge in [-0.15, -0.1) is 0 Å². The molecule has 0 aliphatic carbocycles. The molecule has 2 aromatic carbocycles. The Balaban J connectivity index is 1.36. The largest absolute Gasteiger partial charge is 0.491 e. The number of hydrogen-bond donors (Lipinski definition) is 2. The Morgan fingerprint density at radius 1 is 1.11 bits per heavy atom. The zero-order chi connectivity index (χ0) is 25.8. The van der Waals surface area contributed by atoms with E-state index < -0.39 is 6.61 Å². The van der Waals surface area contributed by atoms with Crippen LogP contribution in [0.15, 0.2) is 61.1 Å². The molecule has 0 bridgehead atoms. The second-order valence-electron chi connectivity index (χ2n) is 9.07. The van der Waals surface area contributed by atoms with Crippen LogP contribution in [0.2, 0.25) is 0 Å². The molecule has 3 heterocycles. The summed E-state index contributed by atoms with van der Waals surface area (Å²) >= 11 is 0. The van der Waals surface area contributed by atoms with Crippen molar-refractivity contribution in [1.82, 2.24) is 19.9 Å². The van der Waals surface area contributed by atoms with Crippen molar-refractivity contribution in [1.29, 1.82) is 0 Å². The number of anilines is 2. The van der Waals surface area contributed by atoms with Gasteiger partial charge in [-0.1, -0.05) is 6.07 Å². The van der Waals surface area contributed by atoms with Gasteiger partial charge in [-0.05, 0) is 74.7 Å². The molecule has 1 saturated heterocycles. The van der Waals surface area contributed by atoms with E-state index in [0.717, 1.165) is 46.4 Å². The minimum Gasteiger partial charge on any atom is -0.491 e. The number of aryl methyl sites for hydroxylation is 2. The molecule has 0 unspecified atom stereocenters. The van der Waals surface area contributed by atoms with Crippen molar-refractivity contribution >= 4 is 28.3 Å². The van der Waals surface area contributed by atoms with Crippen molar-refractivity contribution in [2.75, 3.05) is 25.1 Å². The first-order chi connectivity index (χ1) is 18.0. The van der Waals surface area contributed by atoms with Gasteiger partial charge in [0.05, 0.1) is 23.1 Å². The number of nitrogens with one attached hydrogen (secondary N) is 1. The van der Waals surface area contributed by atoms with E-state index in [2.05, 4.69) is 20.3 Å². The molecule has 5 rings (SSSR count). The summed E-state index contributed by atoms with van der Waals surface area (Å²) in [5.41, 5.74) is 3.48. The molecule has 0 radical (unpaired) electrons. The van der Waals surface area contributed by atoms with E-state index in [0.29, 0.717) is 30.5 Å². The highest BCUT2D eigenvalue weighted by molar-refractivity contribution is 5.95. The van der Waals surface area contributed by atoms with Gasteiger partial charge >= 0.3 is 0 Å². The fraction of sp³-hybridized carbons (Fsp3) is 0.286. The number of rotatable bonds is 8. The first-order valence-corrected chi connectivity index (χ1v) is 12.3. The van der Waals surface area contributed by atoms with Crippen LogP contribution in [0, 0.1) is 13.8 Å². The van der Waals surface area contributed by atoms with Gasteiger partial charge in [0, 0.05) is 17.9 Å². The fourth-order valence-electron chi connectivity index (χ4n) is 4.53. The van der Waals surface area contributed by atoms with Crippen molar-refractivity contribution < 1.29 is 19.4 Å². The number of hydrogen-bond acceptors (Lipinski definition) is 8. The van der Waals surface area contributed by atoms with Crippen LogP contribution in [0.25, 0.3) is 10.9 Å². The number of ether oxygens (including phenoxy) is 2. The summed E-state index contributed by atoms with van der Waals surface area (Å²) in [6.45, 7) is 4.40. The van der Waals surface area contributed by atoms with Crippen LogP contribution >= 0.6 is 0 Å². The Kier molecular flexibility index (Phi) is 7.14. The number of aliphatic hydroxyl groups excluding tert-OH is 1. The van der Waals surface area contributed by atoms with Crippen molar-refractivity contribution in [2.45, 2.75) is 32.7 Å². The predicted octanol–water partition coefficient (Wildman–Crippen LogP) is 4.54. The molecule has 0 spiro atoms. The number of fused-ring (bicyclic) bond motifs is 1. The highest BCUT2D eigenvalue weighted by Gasteiger charge is 2.29. The summed E-state index contributed by atoms with van der Waals surface area (Å²) in [6.07, 6.45) is 4.96. The van der Waals surface area contributed by atoms with E-state index in [4.69, 9.17) is 9.47 Å². The number of aromatic nitrogens is 3. The molecule has 2 N–H and O–H groups in total. The number of benzene rings is 2. The topological polar surface area (TPSA) is 110 Å². The van der Waals surface area contributed by atoms with Gasteiger partial charge in [0.2, 0.25) is 5.91 Å². The highest BCUT2D eigenvalue weighted by atomic mass is 16.5. The van der Waals surface area contributed by atoms with Crippen LogP contribution in [0.3, 0.4) is 0 Å². The molecular formula is C28H29N5O4. The average molecular weight is 500 g/mol. The van der Waals surface area contributed by atoms with Gasteiger partial charge in [0.25, 0.3) is 0 Å². The van der Waals surface area contributed by atoms with Crippen LogP contribution in [0.4, 0.5) is 11.5 Å². The van der Waals surface area contributed by atoms with E-state index in [-0.39, 0.29) is 11.9 Å². The predicted molar refractivity (Wildman–Crippen MR) is 140 cm³/mol. The zero-order valence-electron chi connectivity index (χ0n) is 20.8. The minimum atomic E-state index is -0.488. The molecule has 1 aliphatic heterocycles. The van der Waals surface area contributed by atoms with Crippen LogP contribution < -0.4 is 14.8 Å². The molecule has 1 amide bonds. The van der Waals surface area contributed by atoms with Crippen LogP contribution in [0.1, 0.15) is 24.1 Å². The van der Waals surface area contributed by atoms with Gasteiger partial charge in [-0.25, -0.2) is 9.97 Å². The minimum absolute atomic E-state index is 0.0742. The Morgan fingerprint density at radius 2 is 2.00 bits per heavy atom. The first-order valence-electron chi connectivity index (χ1n) is 12.3. The van der Waals surface area contributed by atoms with E-state index in [1.54, 1.807) is 11.1 Å². The number of amides is 1. The van der Waals surface area contributed by atoms with Crippen LogP contribution in [0.5, 0.6) is 17.2 Å².